The number of rotatable bonds is 4. The van der Waals surface area contributed by atoms with E-state index >= 15 is 0 Å². The van der Waals surface area contributed by atoms with E-state index in [0.29, 0.717) is 13.0 Å². The summed E-state index contributed by atoms with van der Waals surface area (Å²) < 4.78 is 1.59. The third-order valence-corrected chi connectivity index (χ3v) is 4.35. The number of aryl methyl sites for hydroxylation is 2. The first-order valence-corrected chi connectivity index (χ1v) is 7.96. The van der Waals surface area contributed by atoms with Crippen LogP contribution in [0.1, 0.15) is 18.9 Å². The fourth-order valence-electron chi connectivity index (χ4n) is 3.10. The molecule has 1 fully saturated rings. The Kier molecular flexibility index (Phi) is 4.55. The van der Waals surface area contributed by atoms with Crippen molar-refractivity contribution in [3.05, 3.63) is 36.2 Å². The van der Waals surface area contributed by atoms with Gasteiger partial charge in [0, 0.05) is 37.8 Å². The lowest BCUT2D eigenvalue weighted by molar-refractivity contribution is -0.133. The van der Waals surface area contributed by atoms with Gasteiger partial charge < -0.3 is 9.80 Å². The number of nitrogens with zero attached hydrogens (tertiary/aromatic N) is 6. The van der Waals surface area contributed by atoms with Crippen LogP contribution in [0.2, 0.25) is 0 Å². The predicted octanol–water partition coefficient (Wildman–Crippen LogP) is 1.11. The van der Waals surface area contributed by atoms with Crippen molar-refractivity contribution in [2.24, 2.45) is 0 Å². The molecule has 23 heavy (non-hydrogen) atoms. The number of amides is 1. The first kappa shape index (κ1) is 15.5. The molecule has 0 radical (unpaired) electrons. The minimum atomic E-state index is 0.164. The molecule has 2 aromatic rings. The number of hydrogen-bond donors (Lipinski definition) is 0. The van der Waals surface area contributed by atoms with E-state index in [9.17, 15) is 4.79 Å². The topological polar surface area (TPSA) is 67.2 Å². The van der Waals surface area contributed by atoms with Gasteiger partial charge in [0.25, 0.3) is 0 Å². The van der Waals surface area contributed by atoms with Gasteiger partial charge in [0.15, 0.2) is 0 Å². The highest BCUT2D eigenvalue weighted by molar-refractivity contribution is 5.77. The second kappa shape index (κ2) is 6.76. The highest BCUT2D eigenvalue weighted by atomic mass is 16.2. The van der Waals surface area contributed by atoms with Gasteiger partial charge in [0.05, 0.1) is 6.54 Å². The number of hydrogen-bond acceptors (Lipinski definition) is 5. The summed E-state index contributed by atoms with van der Waals surface area (Å²) in [6.45, 7) is 7.25. The quantitative estimate of drug-likeness (QED) is 0.846. The molecule has 3 rings (SSSR count). The lowest BCUT2D eigenvalue weighted by Crippen LogP contribution is -2.54. The highest BCUT2D eigenvalue weighted by Crippen LogP contribution is 2.23. The molecule has 1 aromatic heterocycles. The largest absolute Gasteiger partial charge is 0.367 e. The fraction of sp³-hybridized carbons (Fsp3) is 0.500. The minimum Gasteiger partial charge on any atom is -0.367 e. The van der Waals surface area contributed by atoms with Crippen LogP contribution in [-0.2, 0) is 11.3 Å². The van der Waals surface area contributed by atoms with E-state index in [0.717, 1.165) is 19.6 Å². The van der Waals surface area contributed by atoms with E-state index in [4.69, 9.17) is 0 Å². The zero-order chi connectivity index (χ0) is 16.2. The predicted molar refractivity (Wildman–Crippen MR) is 87.0 cm³/mol. The molecular formula is C16H22N6O. The summed E-state index contributed by atoms with van der Waals surface area (Å²) in [7, 11) is 0. The molecule has 1 unspecified atom stereocenters. The number of anilines is 1. The van der Waals surface area contributed by atoms with Crippen molar-refractivity contribution >= 4 is 11.6 Å². The van der Waals surface area contributed by atoms with Crippen LogP contribution >= 0.6 is 0 Å². The average Bonchev–Trinajstić information content (AvgIpc) is 3.06. The summed E-state index contributed by atoms with van der Waals surface area (Å²) >= 11 is 0. The third-order valence-electron chi connectivity index (χ3n) is 4.35. The minimum absolute atomic E-state index is 0.164. The van der Waals surface area contributed by atoms with E-state index in [-0.39, 0.29) is 11.9 Å². The second-order valence-corrected chi connectivity index (χ2v) is 5.99. The molecule has 1 aliphatic rings. The number of para-hydroxylation sites is 1. The van der Waals surface area contributed by atoms with Crippen molar-refractivity contribution in [3.63, 3.8) is 0 Å². The lowest BCUT2D eigenvalue weighted by atomic mass is 10.1. The van der Waals surface area contributed by atoms with Gasteiger partial charge in [0.1, 0.15) is 6.33 Å². The number of aromatic nitrogens is 4. The maximum absolute atomic E-state index is 12.4. The van der Waals surface area contributed by atoms with Crippen molar-refractivity contribution in [2.75, 3.05) is 24.5 Å². The van der Waals surface area contributed by atoms with Crippen molar-refractivity contribution in [2.45, 2.75) is 32.9 Å². The molecule has 2 heterocycles. The van der Waals surface area contributed by atoms with Crippen LogP contribution in [0, 0.1) is 6.92 Å². The zero-order valence-corrected chi connectivity index (χ0v) is 13.6. The molecule has 1 aliphatic heterocycles. The molecule has 0 bridgehead atoms. The second-order valence-electron chi connectivity index (χ2n) is 5.99. The van der Waals surface area contributed by atoms with Crippen molar-refractivity contribution in [1.29, 1.82) is 0 Å². The summed E-state index contributed by atoms with van der Waals surface area (Å²) in [4.78, 5) is 16.8. The van der Waals surface area contributed by atoms with Gasteiger partial charge in [-0.3, -0.25) is 4.79 Å². The Hall–Kier alpha value is -2.44. The summed E-state index contributed by atoms with van der Waals surface area (Å²) in [5, 5.41) is 11.0. The molecule has 7 nitrogen and oxygen atoms in total. The zero-order valence-electron chi connectivity index (χ0n) is 13.6. The first-order valence-electron chi connectivity index (χ1n) is 7.96. The summed E-state index contributed by atoms with van der Waals surface area (Å²) in [5.41, 5.74) is 2.54. The van der Waals surface area contributed by atoms with Gasteiger partial charge in [-0.05, 0) is 35.9 Å². The Morgan fingerprint density at radius 2 is 2.13 bits per heavy atom. The molecule has 1 aromatic carbocycles. The fourth-order valence-corrected chi connectivity index (χ4v) is 3.10. The molecule has 0 aliphatic carbocycles. The van der Waals surface area contributed by atoms with Gasteiger partial charge in [-0.2, -0.15) is 0 Å². The van der Waals surface area contributed by atoms with Crippen LogP contribution < -0.4 is 4.90 Å². The van der Waals surface area contributed by atoms with E-state index in [1.54, 1.807) is 4.68 Å². The van der Waals surface area contributed by atoms with Crippen LogP contribution in [0.15, 0.2) is 30.6 Å². The lowest BCUT2D eigenvalue weighted by Gasteiger charge is -2.41. The van der Waals surface area contributed by atoms with Gasteiger partial charge in [0.2, 0.25) is 5.91 Å². The van der Waals surface area contributed by atoms with Crippen LogP contribution in [0.25, 0.3) is 0 Å². The Morgan fingerprint density at radius 3 is 2.83 bits per heavy atom. The average molecular weight is 314 g/mol. The van der Waals surface area contributed by atoms with Crippen LogP contribution in [0.5, 0.6) is 0 Å². The molecule has 0 saturated carbocycles. The van der Waals surface area contributed by atoms with E-state index < -0.39 is 0 Å². The molecule has 1 atom stereocenters. The molecule has 122 valence electrons. The van der Waals surface area contributed by atoms with E-state index in [1.165, 1.54) is 17.6 Å². The molecule has 1 saturated heterocycles. The summed E-state index contributed by atoms with van der Waals surface area (Å²) in [5.74, 6) is 0.164. The van der Waals surface area contributed by atoms with Gasteiger partial charge in [-0.1, -0.05) is 18.2 Å². The Balaban J connectivity index is 1.58. The first-order chi connectivity index (χ1) is 11.1. The van der Waals surface area contributed by atoms with Crippen molar-refractivity contribution in [3.8, 4) is 0 Å². The summed E-state index contributed by atoms with van der Waals surface area (Å²) in [6, 6.07) is 8.60. The normalized spacial score (nSPS) is 18.3. The number of carbonyl (C=O) groups is 1. The van der Waals surface area contributed by atoms with E-state index in [2.05, 4.69) is 58.5 Å². The molecule has 1 amide bonds. The van der Waals surface area contributed by atoms with Gasteiger partial charge in [-0.25, -0.2) is 4.68 Å². The maximum atomic E-state index is 12.4. The molecular weight excluding hydrogens is 292 g/mol. The summed E-state index contributed by atoms with van der Waals surface area (Å²) in [6.07, 6.45) is 1.96. The third kappa shape index (κ3) is 3.49. The number of tetrazole rings is 1. The maximum Gasteiger partial charge on any atom is 0.224 e. The monoisotopic (exact) mass is 314 g/mol. The Labute approximate surface area is 135 Å². The molecule has 0 spiro atoms. The Morgan fingerprint density at radius 1 is 1.30 bits per heavy atom. The number of benzene rings is 1. The standard InChI is InChI=1S/C16H22N6O/c1-13-5-3-4-6-15(13)20-9-10-22(14(2)11-20)16(23)7-8-21-12-17-18-19-21/h3-6,12,14H,7-11H2,1-2H3. The Bertz CT molecular complexity index is 656. The van der Waals surface area contributed by atoms with Crippen molar-refractivity contribution in [1.82, 2.24) is 25.1 Å². The molecule has 7 heteroatoms. The van der Waals surface area contributed by atoms with Crippen LogP contribution in [0.3, 0.4) is 0 Å². The van der Waals surface area contributed by atoms with E-state index in [1.807, 2.05) is 4.90 Å². The van der Waals surface area contributed by atoms with Gasteiger partial charge in [-0.15, -0.1) is 5.10 Å². The van der Waals surface area contributed by atoms with Gasteiger partial charge >= 0.3 is 0 Å². The number of piperazine rings is 1. The SMILES string of the molecule is Cc1ccccc1N1CCN(C(=O)CCn2cnnn2)C(C)C1. The highest BCUT2D eigenvalue weighted by Gasteiger charge is 2.27. The smallest absolute Gasteiger partial charge is 0.224 e. The molecule has 0 N–H and O–H groups in total. The van der Waals surface area contributed by atoms with Crippen molar-refractivity contribution < 1.29 is 4.79 Å². The number of carbonyl (C=O) groups excluding carboxylic acids is 1. The van der Waals surface area contributed by atoms with Crippen LogP contribution in [-0.4, -0.2) is 56.7 Å². The van der Waals surface area contributed by atoms with Crippen LogP contribution in [0.4, 0.5) is 5.69 Å².